The molecule has 0 saturated carbocycles. The molecule has 0 saturated heterocycles. The summed E-state index contributed by atoms with van der Waals surface area (Å²) < 4.78 is 38.8. The number of likely N-dealkylation sites (N-methyl/N-ethyl adjacent to an activating group) is 1. The van der Waals surface area contributed by atoms with Crippen LogP contribution in [0, 0.1) is 12.7 Å². The van der Waals surface area contributed by atoms with E-state index < -0.39 is 21.7 Å². The van der Waals surface area contributed by atoms with Gasteiger partial charge in [-0.25, -0.2) is 12.8 Å². The minimum atomic E-state index is -3.77. The Bertz CT molecular complexity index is 854. The molecule has 128 valence electrons. The highest BCUT2D eigenvalue weighted by Gasteiger charge is 2.22. The number of halogens is 2. The second-order valence-corrected chi connectivity index (χ2v) is 7.70. The SMILES string of the molecule is Cc1ccc(S(=O)(=O)N(C)CC(=O)Nc2ccc(F)c(Cl)c2)cc1. The molecule has 0 atom stereocenters. The second kappa shape index (κ2) is 7.29. The minimum absolute atomic E-state index is 0.105. The lowest BCUT2D eigenvalue weighted by molar-refractivity contribution is -0.116. The van der Waals surface area contributed by atoms with E-state index >= 15 is 0 Å². The minimum Gasteiger partial charge on any atom is -0.325 e. The fourth-order valence-electron chi connectivity index (χ4n) is 1.95. The Morgan fingerprint density at radius 1 is 1.21 bits per heavy atom. The molecule has 24 heavy (non-hydrogen) atoms. The molecule has 0 unspecified atom stereocenters. The maximum Gasteiger partial charge on any atom is 0.243 e. The third kappa shape index (κ3) is 4.31. The summed E-state index contributed by atoms with van der Waals surface area (Å²) in [6.07, 6.45) is 0. The highest BCUT2D eigenvalue weighted by molar-refractivity contribution is 7.89. The van der Waals surface area contributed by atoms with Gasteiger partial charge in [0.2, 0.25) is 15.9 Å². The third-order valence-electron chi connectivity index (χ3n) is 3.30. The number of benzene rings is 2. The molecule has 5 nitrogen and oxygen atoms in total. The van der Waals surface area contributed by atoms with Crippen molar-refractivity contribution in [3.05, 3.63) is 58.9 Å². The topological polar surface area (TPSA) is 66.5 Å². The van der Waals surface area contributed by atoms with Gasteiger partial charge < -0.3 is 5.32 Å². The van der Waals surface area contributed by atoms with E-state index in [0.717, 1.165) is 15.9 Å². The first kappa shape index (κ1) is 18.4. The Hall–Kier alpha value is -1.96. The van der Waals surface area contributed by atoms with Crippen molar-refractivity contribution in [1.82, 2.24) is 4.31 Å². The number of nitrogens with zero attached hydrogens (tertiary/aromatic N) is 1. The van der Waals surface area contributed by atoms with Gasteiger partial charge in [-0.1, -0.05) is 29.3 Å². The van der Waals surface area contributed by atoms with Gasteiger partial charge in [-0.15, -0.1) is 0 Å². The van der Waals surface area contributed by atoms with Crippen LogP contribution in [-0.4, -0.2) is 32.2 Å². The Morgan fingerprint density at radius 3 is 2.42 bits per heavy atom. The van der Waals surface area contributed by atoms with E-state index in [9.17, 15) is 17.6 Å². The van der Waals surface area contributed by atoms with Crippen LogP contribution in [0.5, 0.6) is 0 Å². The van der Waals surface area contributed by atoms with Gasteiger partial charge in [0.1, 0.15) is 5.82 Å². The van der Waals surface area contributed by atoms with Gasteiger partial charge in [-0.3, -0.25) is 4.79 Å². The first-order valence-corrected chi connectivity index (χ1v) is 8.80. The van der Waals surface area contributed by atoms with E-state index in [-0.39, 0.29) is 22.2 Å². The summed E-state index contributed by atoms with van der Waals surface area (Å²) in [6.45, 7) is 1.46. The third-order valence-corrected chi connectivity index (χ3v) is 5.41. The molecule has 0 spiro atoms. The van der Waals surface area contributed by atoms with Gasteiger partial charge >= 0.3 is 0 Å². The molecule has 2 rings (SSSR count). The van der Waals surface area contributed by atoms with Crippen molar-refractivity contribution in [1.29, 1.82) is 0 Å². The molecule has 0 aliphatic carbocycles. The average Bonchev–Trinajstić information content (AvgIpc) is 2.51. The molecule has 0 aliphatic heterocycles. The van der Waals surface area contributed by atoms with Gasteiger partial charge in [-0.05, 0) is 37.3 Å². The number of anilines is 1. The Balaban J connectivity index is 2.07. The number of hydrogen-bond acceptors (Lipinski definition) is 3. The van der Waals surface area contributed by atoms with Crippen LogP contribution in [0.2, 0.25) is 5.02 Å². The van der Waals surface area contributed by atoms with E-state index in [1.807, 2.05) is 6.92 Å². The largest absolute Gasteiger partial charge is 0.325 e. The van der Waals surface area contributed by atoms with Crippen LogP contribution < -0.4 is 5.32 Å². The predicted octanol–water partition coefficient (Wildman–Crippen LogP) is 3.05. The lowest BCUT2D eigenvalue weighted by atomic mass is 10.2. The zero-order valence-electron chi connectivity index (χ0n) is 13.1. The van der Waals surface area contributed by atoms with Crippen molar-refractivity contribution in [3.63, 3.8) is 0 Å². The first-order chi connectivity index (χ1) is 11.2. The van der Waals surface area contributed by atoms with E-state index in [1.54, 1.807) is 12.1 Å². The lowest BCUT2D eigenvalue weighted by Crippen LogP contribution is -2.34. The fraction of sp³-hybridized carbons (Fsp3) is 0.188. The van der Waals surface area contributed by atoms with Crippen molar-refractivity contribution in [2.45, 2.75) is 11.8 Å². The van der Waals surface area contributed by atoms with Crippen LogP contribution in [0.15, 0.2) is 47.4 Å². The number of sulfonamides is 1. The lowest BCUT2D eigenvalue weighted by Gasteiger charge is -2.17. The van der Waals surface area contributed by atoms with Crippen molar-refractivity contribution in [3.8, 4) is 0 Å². The van der Waals surface area contributed by atoms with Crippen LogP contribution in [0.25, 0.3) is 0 Å². The van der Waals surface area contributed by atoms with Crippen LogP contribution in [0.1, 0.15) is 5.56 Å². The standard InChI is InChI=1S/C16H16ClFN2O3S/c1-11-3-6-13(7-4-11)24(22,23)20(2)10-16(21)19-12-5-8-15(18)14(17)9-12/h3-9H,10H2,1-2H3,(H,19,21). The number of aryl methyl sites for hydroxylation is 1. The summed E-state index contributed by atoms with van der Waals surface area (Å²) in [5.41, 5.74) is 1.22. The summed E-state index contributed by atoms with van der Waals surface area (Å²) in [4.78, 5) is 12.1. The van der Waals surface area contributed by atoms with Crippen molar-refractivity contribution in [2.75, 3.05) is 18.9 Å². The van der Waals surface area contributed by atoms with E-state index in [4.69, 9.17) is 11.6 Å². The molecule has 0 fully saturated rings. The summed E-state index contributed by atoms with van der Waals surface area (Å²) in [5, 5.41) is 2.35. The molecule has 8 heteroatoms. The molecule has 0 aromatic heterocycles. The number of rotatable bonds is 5. The van der Waals surface area contributed by atoms with Crippen LogP contribution in [0.3, 0.4) is 0 Å². The number of carbonyl (C=O) groups is 1. The average molecular weight is 371 g/mol. The maximum absolute atomic E-state index is 13.1. The van der Waals surface area contributed by atoms with Crippen LogP contribution in [-0.2, 0) is 14.8 Å². The van der Waals surface area contributed by atoms with Crippen molar-refractivity contribution in [2.24, 2.45) is 0 Å². The second-order valence-electron chi connectivity index (χ2n) is 5.25. The monoisotopic (exact) mass is 370 g/mol. The van der Waals surface area contributed by atoms with Crippen molar-refractivity contribution >= 4 is 33.2 Å². The predicted molar refractivity (Wildman–Crippen MR) is 91.0 cm³/mol. The Labute approximate surface area is 145 Å². The first-order valence-electron chi connectivity index (χ1n) is 6.98. The number of hydrogen-bond donors (Lipinski definition) is 1. The number of carbonyl (C=O) groups excluding carboxylic acids is 1. The van der Waals surface area contributed by atoms with Gasteiger partial charge in [0, 0.05) is 12.7 Å². The molecule has 1 N–H and O–H groups in total. The highest BCUT2D eigenvalue weighted by Crippen LogP contribution is 2.20. The van der Waals surface area contributed by atoms with E-state index in [2.05, 4.69) is 5.32 Å². The van der Waals surface area contributed by atoms with E-state index in [0.29, 0.717) is 0 Å². The summed E-state index contributed by atoms with van der Waals surface area (Å²) in [5.74, 6) is -1.16. The highest BCUT2D eigenvalue weighted by atomic mass is 35.5. The molecular weight excluding hydrogens is 355 g/mol. The quantitative estimate of drug-likeness (QED) is 0.879. The van der Waals surface area contributed by atoms with Gasteiger partial charge in [-0.2, -0.15) is 4.31 Å². The summed E-state index contributed by atoms with van der Waals surface area (Å²) in [7, 11) is -2.46. The molecule has 0 bridgehead atoms. The molecule has 1 amide bonds. The molecule has 0 aliphatic rings. The molecule has 0 radical (unpaired) electrons. The molecule has 2 aromatic carbocycles. The molecule has 0 heterocycles. The maximum atomic E-state index is 13.1. The smallest absolute Gasteiger partial charge is 0.243 e. The van der Waals surface area contributed by atoms with Gasteiger partial charge in [0.05, 0.1) is 16.5 Å². The Morgan fingerprint density at radius 2 is 1.83 bits per heavy atom. The normalized spacial score (nSPS) is 11.5. The summed E-state index contributed by atoms with van der Waals surface area (Å²) >= 11 is 5.64. The number of amides is 1. The van der Waals surface area contributed by atoms with Crippen LogP contribution in [0.4, 0.5) is 10.1 Å². The zero-order chi connectivity index (χ0) is 17.9. The van der Waals surface area contributed by atoms with Crippen molar-refractivity contribution < 1.29 is 17.6 Å². The number of nitrogens with one attached hydrogen (secondary N) is 1. The Kier molecular flexibility index (Phi) is 5.58. The van der Waals surface area contributed by atoms with Crippen LogP contribution >= 0.6 is 11.6 Å². The van der Waals surface area contributed by atoms with E-state index in [1.165, 1.54) is 31.3 Å². The van der Waals surface area contributed by atoms with Gasteiger partial charge in [0.25, 0.3) is 0 Å². The fourth-order valence-corrected chi connectivity index (χ4v) is 3.26. The zero-order valence-corrected chi connectivity index (χ0v) is 14.7. The molecular formula is C16H16ClFN2O3S. The summed E-state index contributed by atoms with van der Waals surface area (Å²) in [6, 6.07) is 10.0. The molecule has 2 aromatic rings. The van der Waals surface area contributed by atoms with Gasteiger partial charge in [0.15, 0.2) is 0 Å².